The van der Waals surface area contributed by atoms with Gasteiger partial charge in [-0.15, -0.1) is 0 Å². The normalized spacial score (nSPS) is 14.8. The van der Waals surface area contributed by atoms with Crippen molar-refractivity contribution in [3.63, 3.8) is 0 Å². The number of rotatable bonds is 16. The predicted octanol–water partition coefficient (Wildman–Crippen LogP) is 4.89. The molecule has 140 valence electrons. The van der Waals surface area contributed by atoms with Crippen molar-refractivity contribution in [3.05, 3.63) is 0 Å². The molecule has 1 atom stereocenters. The zero-order valence-electron chi connectivity index (χ0n) is 15.4. The molecule has 0 aliphatic carbocycles. The van der Waals surface area contributed by atoms with Crippen LogP contribution in [0.15, 0.2) is 0 Å². The maximum atomic E-state index is 10.8. The van der Waals surface area contributed by atoms with Crippen molar-refractivity contribution >= 4 is 10.4 Å². The quantitative estimate of drug-likeness (QED) is 0.186. The molecule has 6 heteroatoms. The Bertz CT molecular complexity index is 373. The molecule has 0 spiro atoms. The minimum absolute atomic E-state index is 0.0867. The molecule has 5 nitrogen and oxygen atoms in total. The van der Waals surface area contributed by atoms with Crippen LogP contribution in [-0.2, 0) is 14.7 Å². The lowest BCUT2D eigenvalue weighted by Gasteiger charge is -2.27. The summed E-state index contributed by atoms with van der Waals surface area (Å²) in [7, 11) is -2.70. The van der Waals surface area contributed by atoms with Crippen molar-refractivity contribution < 1.29 is 21.9 Å². The van der Waals surface area contributed by atoms with Crippen LogP contribution >= 0.6 is 0 Å². The van der Waals surface area contributed by atoms with E-state index >= 15 is 0 Å². The molecule has 0 aliphatic heterocycles. The molecule has 0 rings (SSSR count). The van der Waals surface area contributed by atoms with E-state index in [1.54, 1.807) is 7.05 Å². The van der Waals surface area contributed by atoms with Crippen LogP contribution in [-0.4, -0.2) is 37.8 Å². The second-order valence-electron chi connectivity index (χ2n) is 6.73. The number of quaternary nitrogens is 1. The topological polar surface area (TPSA) is 63.6 Å². The fourth-order valence-electron chi connectivity index (χ4n) is 2.76. The maximum Gasteiger partial charge on any atom is 0.442 e. The summed E-state index contributed by atoms with van der Waals surface area (Å²) in [5.41, 5.74) is 0. The summed E-state index contributed by atoms with van der Waals surface area (Å²) >= 11 is 0. The minimum atomic E-state index is -4.39. The highest BCUT2D eigenvalue weighted by Crippen LogP contribution is 2.14. The molecule has 0 aromatic heterocycles. The smallest absolute Gasteiger partial charge is 0.260 e. The van der Waals surface area contributed by atoms with E-state index in [1.165, 1.54) is 64.2 Å². The molecule has 0 saturated carbocycles. The highest BCUT2D eigenvalue weighted by atomic mass is 32.3. The molecule has 0 fully saturated rings. The first-order valence-electron chi connectivity index (χ1n) is 9.36. The molecular weight excluding hydrogens is 314 g/mol. The summed E-state index contributed by atoms with van der Waals surface area (Å²) in [6, 6.07) is 0. The SMILES string of the molecule is CCCCCCCCCCCCCC[N+](C)(CC)OS(=O)(=O)O. The van der Waals surface area contributed by atoms with Gasteiger partial charge in [0, 0.05) is 0 Å². The van der Waals surface area contributed by atoms with Gasteiger partial charge in [0.25, 0.3) is 0 Å². The molecule has 0 amide bonds. The van der Waals surface area contributed by atoms with E-state index in [0.29, 0.717) is 13.1 Å². The summed E-state index contributed by atoms with van der Waals surface area (Å²) in [5.74, 6) is 0. The van der Waals surface area contributed by atoms with Gasteiger partial charge < -0.3 is 0 Å². The third-order valence-electron chi connectivity index (χ3n) is 4.43. The Labute approximate surface area is 143 Å². The molecule has 0 aliphatic rings. The maximum absolute atomic E-state index is 10.8. The lowest BCUT2D eigenvalue weighted by molar-refractivity contribution is -1.06. The van der Waals surface area contributed by atoms with Gasteiger partial charge in [-0.25, -0.2) is 0 Å². The van der Waals surface area contributed by atoms with E-state index in [9.17, 15) is 8.42 Å². The van der Waals surface area contributed by atoms with Crippen LogP contribution in [0.2, 0.25) is 0 Å². The van der Waals surface area contributed by atoms with E-state index in [0.717, 1.165) is 12.8 Å². The largest absolute Gasteiger partial charge is 0.442 e. The van der Waals surface area contributed by atoms with Crippen molar-refractivity contribution in [1.29, 1.82) is 0 Å². The second kappa shape index (κ2) is 13.2. The van der Waals surface area contributed by atoms with Crippen molar-refractivity contribution in [2.75, 3.05) is 20.1 Å². The first-order chi connectivity index (χ1) is 10.8. The van der Waals surface area contributed by atoms with Gasteiger partial charge in [-0.3, -0.25) is 4.55 Å². The van der Waals surface area contributed by atoms with Crippen molar-refractivity contribution in [1.82, 2.24) is 0 Å². The highest BCUT2D eigenvalue weighted by Gasteiger charge is 2.28. The van der Waals surface area contributed by atoms with E-state index in [4.69, 9.17) is 8.84 Å². The van der Waals surface area contributed by atoms with Crippen molar-refractivity contribution in [2.24, 2.45) is 0 Å². The van der Waals surface area contributed by atoms with Crippen LogP contribution < -0.4 is 0 Å². The zero-order chi connectivity index (χ0) is 17.6. The van der Waals surface area contributed by atoms with Gasteiger partial charge in [0.05, 0.1) is 0 Å². The molecule has 0 aromatic carbocycles. The number of unbranched alkanes of at least 4 members (excludes halogenated alkanes) is 11. The second-order valence-corrected chi connectivity index (χ2v) is 7.73. The summed E-state index contributed by atoms with van der Waals surface area (Å²) in [4.78, 5) is 0. The Morgan fingerprint density at radius 2 is 1.17 bits per heavy atom. The van der Waals surface area contributed by atoms with Crippen LogP contribution in [0, 0.1) is 0 Å². The number of nitrogens with zero attached hydrogens (tertiary/aromatic N) is 1. The Balaban J connectivity index is 3.51. The third kappa shape index (κ3) is 15.1. The molecule has 0 heterocycles. The van der Waals surface area contributed by atoms with Crippen LogP contribution in [0.25, 0.3) is 0 Å². The Morgan fingerprint density at radius 1 is 0.783 bits per heavy atom. The Kier molecular flexibility index (Phi) is 13.1. The van der Waals surface area contributed by atoms with Crippen LogP contribution in [0.3, 0.4) is 0 Å². The summed E-state index contributed by atoms with van der Waals surface area (Å²) in [6.07, 6.45) is 15.3. The highest BCUT2D eigenvalue weighted by molar-refractivity contribution is 7.80. The van der Waals surface area contributed by atoms with E-state index in [1.807, 2.05) is 6.92 Å². The van der Waals surface area contributed by atoms with Crippen molar-refractivity contribution in [2.45, 2.75) is 90.9 Å². The fourth-order valence-corrected chi connectivity index (χ4v) is 3.40. The summed E-state index contributed by atoms with van der Waals surface area (Å²) in [5, 5.41) is 0. The number of hydroxylamine groups is 3. The van der Waals surface area contributed by atoms with E-state index < -0.39 is 10.4 Å². The molecule has 23 heavy (non-hydrogen) atoms. The standard InChI is InChI=1S/C17H37NO4S/c1-4-6-7-8-9-10-11-12-13-14-15-16-17-18(3,5-2)22-23(19,20)21/h4-17H2,1-3H3/p+1. The Hall–Kier alpha value is -0.170. The molecule has 1 unspecified atom stereocenters. The van der Waals surface area contributed by atoms with Crippen molar-refractivity contribution in [3.8, 4) is 0 Å². The number of hydrogen-bond acceptors (Lipinski definition) is 3. The Morgan fingerprint density at radius 3 is 1.52 bits per heavy atom. The van der Waals surface area contributed by atoms with Gasteiger partial charge in [-0.05, 0) is 24.0 Å². The molecule has 1 N–H and O–H groups in total. The lowest BCUT2D eigenvalue weighted by atomic mass is 10.1. The third-order valence-corrected chi connectivity index (χ3v) is 4.98. The van der Waals surface area contributed by atoms with E-state index in [2.05, 4.69) is 6.92 Å². The average molecular weight is 353 g/mol. The monoisotopic (exact) mass is 352 g/mol. The fraction of sp³-hybridized carbons (Fsp3) is 1.00. The first-order valence-corrected chi connectivity index (χ1v) is 10.7. The zero-order valence-corrected chi connectivity index (χ0v) is 16.2. The predicted molar refractivity (Wildman–Crippen MR) is 95.3 cm³/mol. The van der Waals surface area contributed by atoms with Gasteiger partial charge in [-0.2, -0.15) is 13.1 Å². The van der Waals surface area contributed by atoms with Crippen LogP contribution in [0.1, 0.15) is 90.9 Å². The van der Waals surface area contributed by atoms with Gasteiger partial charge in [-0.1, -0.05) is 71.1 Å². The molecule has 0 bridgehead atoms. The van der Waals surface area contributed by atoms with E-state index in [-0.39, 0.29) is 4.65 Å². The van der Waals surface area contributed by atoms with Gasteiger partial charge >= 0.3 is 10.4 Å². The number of hydrogen-bond donors (Lipinski definition) is 1. The summed E-state index contributed by atoms with van der Waals surface area (Å²) in [6.45, 7) is 5.22. The van der Waals surface area contributed by atoms with Gasteiger partial charge in [0.15, 0.2) is 0 Å². The average Bonchev–Trinajstić information content (AvgIpc) is 2.46. The molecule has 0 saturated heterocycles. The minimum Gasteiger partial charge on any atom is -0.260 e. The summed E-state index contributed by atoms with van der Waals surface area (Å²) < 4.78 is 35.1. The lowest BCUT2D eigenvalue weighted by Crippen LogP contribution is -2.46. The van der Waals surface area contributed by atoms with Crippen LogP contribution in [0.5, 0.6) is 0 Å². The first kappa shape index (κ1) is 22.8. The van der Waals surface area contributed by atoms with Gasteiger partial charge in [0.1, 0.15) is 20.1 Å². The molecular formula is C17H38NO4S+. The van der Waals surface area contributed by atoms with Gasteiger partial charge in [0.2, 0.25) is 0 Å². The van der Waals surface area contributed by atoms with Crippen LogP contribution in [0.4, 0.5) is 0 Å². The molecule has 0 radical (unpaired) electrons. The molecule has 0 aromatic rings.